The first-order chi connectivity index (χ1) is 19.0. The molecule has 2 atom stereocenters. The highest BCUT2D eigenvalue weighted by Gasteiger charge is 2.59. The Kier molecular flexibility index (Phi) is 10.8. The highest BCUT2D eigenvalue weighted by atomic mass is 19.4. The summed E-state index contributed by atoms with van der Waals surface area (Å²) in [6.45, 7) is 5.95. The average molecular weight is 568 g/mol. The first-order valence-corrected chi connectivity index (χ1v) is 13.4. The minimum absolute atomic E-state index is 0.0311. The molecular formula is C29H36F3NO7. The standard InChI is InChI=1S/C29H36F3NO7/c1-4-6-13-37-26(35)28(27(36)38-14-7-5-2)39-24-12-11-20(16-25(24)40-28)15-19(3)33-18-23(34)21-9-8-10-22(17-21)29(30,31)32/h8-12,16-17,19,23,33-34H,4-7,13-15,18H2,1-3H3. The molecule has 40 heavy (non-hydrogen) atoms. The zero-order valence-corrected chi connectivity index (χ0v) is 22.9. The van der Waals surface area contributed by atoms with Crippen LogP contribution >= 0.6 is 0 Å². The number of benzene rings is 2. The third-order valence-corrected chi connectivity index (χ3v) is 6.32. The molecule has 2 N–H and O–H groups in total. The topological polar surface area (TPSA) is 103 Å². The quantitative estimate of drug-likeness (QED) is 0.184. The van der Waals surface area contributed by atoms with Gasteiger partial charge in [0.15, 0.2) is 11.5 Å². The second-order valence-electron chi connectivity index (χ2n) is 9.73. The lowest BCUT2D eigenvalue weighted by Crippen LogP contribution is -2.56. The first kappa shape index (κ1) is 31.2. The molecule has 1 heterocycles. The molecule has 0 bridgehead atoms. The number of alkyl halides is 3. The van der Waals surface area contributed by atoms with Gasteiger partial charge in [-0.3, -0.25) is 0 Å². The van der Waals surface area contributed by atoms with Crippen LogP contribution in [0.4, 0.5) is 13.2 Å². The number of aliphatic hydroxyl groups excluding tert-OH is 1. The summed E-state index contributed by atoms with van der Waals surface area (Å²) in [4.78, 5) is 25.8. The van der Waals surface area contributed by atoms with Crippen LogP contribution in [-0.2, 0) is 31.7 Å². The SMILES string of the molecule is CCCCOC(=O)C1(C(=O)OCCCC)Oc2ccc(CC(C)NCC(O)c3cccc(C(F)(F)F)c3)cc2O1. The molecule has 0 aliphatic carbocycles. The zero-order valence-electron chi connectivity index (χ0n) is 22.9. The van der Waals surface area contributed by atoms with Crippen molar-refractivity contribution in [3.63, 3.8) is 0 Å². The van der Waals surface area contributed by atoms with E-state index in [4.69, 9.17) is 18.9 Å². The van der Waals surface area contributed by atoms with Crippen LogP contribution in [0.5, 0.6) is 11.5 Å². The smallest absolute Gasteiger partial charge is 0.453 e. The van der Waals surface area contributed by atoms with Crippen LogP contribution in [0, 0.1) is 0 Å². The summed E-state index contributed by atoms with van der Waals surface area (Å²) < 4.78 is 61.0. The molecule has 0 spiro atoms. The van der Waals surface area contributed by atoms with E-state index in [1.165, 1.54) is 12.1 Å². The fraction of sp³-hybridized carbons (Fsp3) is 0.517. The fourth-order valence-electron chi connectivity index (χ4n) is 4.01. The largest absolute Gasteiger partial charge is 0.459 e. The van der Waals surface area contributed by atoms with Gasteiger partial charge in [-0.2, -0.15) is 13.2 Å². The van der Waals surface area contributed by atoms with Crippen LogP contribution in [0.25, 0.3) is 0 Å². The number of rotatable bonds is 14. The van der Waals surface area contributed by atoms with Crippen LogP contribution < -0.4 is 14.8 Å². The van der Waals surface area contributed by atoms with Crippen molar-refractivity contribution in [1.82, 2.24) is 5.32 Å². The third kappa shape index (κ3) is 7.88. The van der Waals surface area contributed by atoms with Crippen molar-refractivity contribution in [2.24, 2.45) is 0 Å². The second-order valence-corrected chi connectivity index (χ2v) is 9.73. The van der Waals surface area contributed by atoms with Crippen LogP contribution in [0.3, 0.4) is 0 Å². The molecule has 0 aromatic heterocycles. The number of unbranched alkanes of at least 4 members (excludes halogenated alkanes) is 2. The molecule has 8 nitrogen and oxygen atoms in total. The summed E-state index contributed by atoms with van der Waals surface area (Å²) in [7, 11) is 0. The van der Waals surface area contributed by atoms with Crippen molar-refractivity contribution in [3.05, 3.63) is 59.2 Å². The Hall–Kier alpha value is -3.31. The lowest BCUT2D eigenvalue weighted by Gasteiger charge is -2.23. The lowest BCUT2D eigenvalue weighted by atomic mass is 10.0. The number of aliphatic hydroxyl groups is 1. The lowest BCUT2D eigenvalue weighted by molar-refractivity contribution is -0.202. The van der Waals surface area contributed by atoms with Crippen molar-refractivity contribution < 1.29 is 46.8 Å². The van der Waals surface area contributed by atoms with Crippen LogP contribution in [0.15, 0.2) is 42.5 Å². The van der Waals surface area contributed by atoms with Gasteiger partial charge in [-0.25, -0.2) is 9.59 Å². The highest BCUT2D eigenvalue weighted by Crippen LogP contribution is 2.41. The zero-order chi connectivity index (χ0) is 29.3. The van der Waals surface area contributed by atoms with Crippen LogP contribution in [0.2, 0.25) is 0 Å². The molecule has 2 aromatic carbocycles. The van der Waals surface area contributed by atoms with E-state index < -0.39 is 35.6 Å². The number of nitrogens with one attached hydrogen (secondary N) is 1. The molecule has 0 amide bonds. The fourth-order valence-corrected chi connectivity index (χ4v) is 4.01. The Morgan fingerprint density at radius 3 is 2.20 bits per heavy atom. The number of ether oxygens (including phenoxy) is 4. The number of halogens is 3. The minimum atomic E-state index is -4.49. The van der Waals surface area contributed by atoms with Gasteiger partial charge in [0.2, 0.25) is 0 Å². The Labute approximate surface area is 231 Å². The van der Waals surface area contributed by atoms with E-state index in [1.54, 1.807) is 18.2 Å². The van der Waals surface area contributed by atoms with Gasteiger partial charge >= 0.3 is 23.9 Å². The Bertz CT molecular complexity index is 1130. The molecule has 2 unspecified atom stereocenters. The van der Waals surface area contributed by atoms with Gasteiger partial charge < -0.3 is 29.4 Å². The van der Waals surface area contributed by atoms with Gasteiger partial charge in [-0.05, 0) is 61.6 Å². The maximum Gasteiger partial charge on any atom is 0.453 e. The number of esters is 2. The van der Waals surface area contributed by atoms with Gasteiger partial charge in [0.25, 0.3) is 0 Å². The molecule has 0 saturated carbocycles. The van der Waals surface area contributed by atoms with E-state index >= 15 is 0 Å². The summed E-state index contributed by atoms with van der Waals surface area (Å²) >= 11 is 0. The molecule has 11 heteroatoms. The highest BCUT2D eigenvalue weighted by molar-refractivity contribution is 6.03. The van der Waals surface area contributed by atoms with Gasteiger partial charge in [0.1, 0.15) is 0 Å². The van der Waals surface area contributed by atoms with Gasteiger partial charge in [0.05, 0.1) is 24.9 Å². The molecule has 0 fully saturated rings. The molecule has 0 radical (unpaired) electrons. The van der Waals surface area contributed by atoms with Crippen molar-refractivity contribution in [2.45, 2.75) is 77.0 Å². The molecular weight excluding hydrogens is 531 g/mol. The van der Waals surface area contributed by atoms with Gasteiger partial charge in [-0.15, -0.1) is 0 Å². The van der Waals surface area contributed by atoms with E-state index in [9.17, 15) is 27.9 Å². The number of hydrogen-bond acceptors (Lipinski definition) is 8. The maximum atomic E-state index is 13.0. The summed E-state index contributed by atoms with van der Waals surface area (Å²) in [5, 5.41) is 13.5. The summed E-state index contributed by atoms with van der Waals surface area (Å²) in [6, 6.07) is 9.35. The molecule has 1 aliphatic rings. The van der Waals surface area contributed by atoms with Crippen LogP contribution in [-0.4, -0.2) is 48.6 Å². The number of carbonyl (C=O) groups excluding carboxylic acids is 2. The predicted octanol–water partition coefficient (Wildman–Crippen LogP) is 5.11. The molecule has 2 aromatic rings. The monoisotopic (exact) mass is 567 g/mol. The predicted molar refractivity (Wildman–Crippen MR) is 140 cm³/mol. The Morgan fingerprint density at radius 2 is 1.60 bits per heavy atom. The van der Waals surface area contributed by atoms with Gasteiger partial charge in [0, 0.05) is 12.6 Å². The van der Waals surface area contributed by atoms with Crippen molar-refractivity contribution >= 4 is 11.9 Å². The maximum absolute atomic E-state index is 13.0. The van der Waals surface area contributed by atoms with E-state index in [0.717, 1.165) is 30.5 Å². The minimum Gasteiger partial charge on any atom is -0.459 e. The number of carbonyl (C=O) groups is 2. The summed E-state index contributed by atoms with van der Waals surface area (Å²) in [5.74, 6) is -4.00. The van der Waals surface area contributed by atoms with Crippen molar-refractivity contribution in [1.29, 1.82) is 0 Å². The van der Waals surface area contributed by atoms with Crippen LogP contribution in [0.1, 0.15) is 69.2 Å². The Morgan fingerprint density at radius 1 is 0.975 bits per heavy atom. The molecule has 220 valence electrons. The van der Waals surface area contributed by atoms with E-state index in [1.807, 2.05) is 20.8 Å². The normalized spacial score (nSPS) is 15.4. The summed E-state index contributed by atoms with van der Waals surface area (Å²) in [5.41, 5.74) is 0.105. The van der Waals surface area contributed by atoms with E-state index in [2.05, 4.69) is 5.32 Å². The second kappa shape index (κ2) is 13.8. The third-order valence-electron chi connectivity index (χ3n) is 6.32. The van der Waals surface area contributed by atoms with Crippen molar-refractivity contribution in [3.8, 4) is 11.5 Å². The van der Waals surface area contributed by atoms with E-state index in [0.29, 0.717) is 19.3 Å². The number of hydrogen-bond donors (Lipinski definition) is 2. The summed E-state index contributed by atoms with van der Waals surface area (Å²) in [6.07, 6.45) is -2.40. The molecule has 3 rings (SSSR count). The van der Waals surface area contributed by atoms with E-state index in [-0.39, 0.29) is 42.9 Å². The molecule has 1 aliphatic heterocycles. The Balaban J connectivity index is 1.65. The first-order valence-electron chi connectivity index (χ1n) is 13.4. The molecule has 0 saturated heterocycles. The average Bonchev–Trinajstić information content (AvgIpc) is 3.32. The van der Waals surface area contributed by atoms with Gasteiger partial charge in [-0.1, -0.05) is 44.9 Å². The van der Waals surface area contributed by atoms with Crippen molar-refractivity contribution in [2.75, 3.05) is 19.8 Å². The number of fused-ring (bicyclic) bond motifs is 1.